The van der Waals surface area contributed by atoms with Gasteiger partial charge in [0, 0.05) is 20.8 Å². The third kappa shape index (κ3) is 21.9. The topological polar surface area (TPSA) is 256 Å². The lowest BCUT2D eigenvalue weighted by Gasteiger charge is -2.51. The minimum Gasteiger partial charge on any atom is -0.463 e. The number of carbonyl (C=O) groups is 5. The minimum atomic E-state index is -2.09. The second kappa shape index (κ2) is 34.7. The van der Waals surface area contributed by atoms with E-state index in [0.29, 0.717) is 5.56 Å². The lowest BCUT2D eigenvalue weighted by atomic mass is 9.94. The van der Waals surface area contributed by atoms with Gasteiger partial charge < -0.3 is 81.5 Å². The van der Waals surface area contributed by atoms with Crippen LogP contribution in [-0.4, -0.2) is 157 Å². The van der Waals surface area contributed by atoms with Gasteiger partial charge in [0.2, 0.25) is 3.79 Å². The highest BCUT2D eigenvalue weighted by Crippen LogP contribution is 2.39. The molecule has 15 atom stereocenters. The quantitative estimate of drug-likeness (QED) is 0.0269. The molecule has 0 bridgehead atoms. The van der Waals surface area contributed by atoms with Crippen molar-refractivity contribution in [3.8, 4) is 0 Å². The first-order valence-corrected chi connectivity index (χ1v) is 31.1. The molecule has 8 rings (SSSR count). The van der Waals surface area contributed by atoms with E-state index in [1.807, 2.05) is 127 Å². The van der Waals surface area contributed by atoms with Crippen molar-refractivity contribution in [3.63, 3.8) is 0 Å². The van der Waals surface area contributed by atoms with Crippen LogP contribution in [-0.2, 0) is 123 Å². The zero-order chi connectivity index (χ0) is 65.8. The van der Waals surface area contributed by atoms with E-state index in [1.54, 1.807) is 45.0 Å². The molecule has 5 aromatic carbocycles. The van der Waals surface area contributed by atoms with Gasteiger partial charge in [0.15, 0.2) is 37.2 Å². The molecule has 5 aromatic rings. The van der Waals surface area contributed by atoms with Crippen LogP contribution in [0.25, 0.3) is 0 Å². The summed E-state index contributed by atoms with van der Waals surface area (Å²) in [6, 6.07) is 44.7. The molecule has 498 valence electrons. The van der Waals surface area contributed by atoms with Gasteiger partial charge in [-0.3, -0.25) is 19.2 Å². The Morgan fingerprint density at radius 3 is 1.33 bits per heavy atom. The van der Waals surface area contributed by atoms with E-state index in [4.69, 9.17) is 106 Å². The predicted molar refractivity (Wildman–Crippen MR) is 331 cm³/mol. The van der Waals surface area contributed by atoms with Crippen LogP contribution in [0.15, 0.2) is 152 Å². The molecule has 3 saturated heterocycles. The number of aliphatic hydroxyl groups excluding tert-OH is 1. The van der Waals surface area contributed by atoms with Gasteiger partial charge in [0.05, 0.1) is 51.7 Å². The number of amides is 1. The van der Waals surface area contributed by atoms with Crippen LogP contribution in [0.5, 0.6) is 0 Å². The van der Waals surface area contributed by atoms with Crippen LogP contribution in [0.2, 0.25) is 0 Å². The first-order chi connectivity index (χ1) is 44.1. The van der Waals surface area contributed by atoms with Crippen molar-refractivity contribution in [1.82, 2.24) is 5.32 Å². The summed E-state index contributed by atoms with van der Waals surface area (Å²) in [6.45, 7) is 6.46. The van der Waals surface area contributed by atoms with Gasteiger partial charge in [-0.15, -0.1) is 0 Å². The Hall–Kier alpha value is -6.32. The van der Waals surface area contributed by atoms with Crippen molar-refractivity contribution in [2.45, 2.75) is 170 Å². The number of halogens is 3. The molecule has 3 heterocycles. The Morgan fingerprint density at radius 1 is 0.446 bits per heavy atom. The fourth-order valence-electron chi connectivity index (χ4n) is 10.2. The SMILES string of the molecule is CC(=O)OC[C@H]1O[C@@H](O[C@@H]2[C@H](O)[C@@H](OCc3ccccc3)[C@H](O[C@H]3[C@H](OCc4ccccc4)[C@@H](OC(=O)C(C)(C)C)[C@H](OCc4ccccc4)O[C@@H]3COCc3ccccc3)O[C@@H]2COCc2ccccc2)[C@H](NC(=O)OCC(Cl)(Cl)Cl)[C@@H](OC(C)=O)[C@H]1OC(C)=O. The summed E-state index contributed by atoms with van der Waals surface area (Å²) < 4.78 is 94.4. The van der Waals surface area contributed by atoms with Gasteiger partial charge in [0.25, 0.3) is 0 Å². The monoisotopic (exact) mass is 1340 g/mol. The molecule has 3 aliphatic rings. The smallest absolute Gasteiger partial charge is 0.407 e. The summed E-state index contributed by atoms with van der Waals surface area (Å²) in [7, 11) is 0. The number of esters is 4. The molecule has 0 unspecified atom stereocenters. The number of hydrogen-bond acceptors (Lipinski definition) is 21. The number of ether oxygens (including phenoxy) is 15. The number of aliphatic hydroxyl groups is 1. The van der Waals surface area contributed by atoms with E-state index < -0.39 is 144 Å². The summed E-state index contributed by atoms with van der Waals surface area (Å²) in [5, 5.41) is 15.9. The van der Waals surface area contributed by atoms with Crippen LogP contribution in [0.3, 0.4) is 0 Å². The molecule has 0 aromatic heterocycles. The van der Waals surface area contributed by atoms with Crippen molar-refractivity contribution in [3.05, 3.63) is 179 Å². The summed E-state index contributed by atoms with van der Waals surface area (Å²) in [6.07, 6.45) is -22.3. The second-order valence-electron chi connectivity index (χ2n) is 23.1. The fraction of sp³-hybridized carbons (Fsp3) is 0.478. The number of benzene rings is 5. The van der Waals surface area contributed by atoms with Gasteiger partial charge in [-0.1, -0.05) is 186 Å². The summed E-state index contributed by atoms with van der Waals surface area (Å²) in [5.74, 6) is -3.19. The molecule has 0 saturated carbocycles. The molecule has 2 N–H and O–H groups in total. The first kappa shape index (κ1) is 71.5. The van der Waals surface area contributed by atoms with Crippen molar-refractivity contribution >= 4 is 64.8 Å². The van der Waals surface area contributed by atoms with Crippen LogP contribution < -0.4 is 5.32 Å². The van der Waals surface area contributed by atoms with E-state index in [-0.39, 0.29) is 46.2 Å². The maximum Gasteiger partial charge on any atom is 0.407 e. The molecule has 22 nitrogen and oxygen atoms in total. The summed E-state index contributed by atoms with van der Waals surface area (Å²) in [5.41, 5.74) is 2.77. The molecule has 0 radical (unpaired) electrons. The van der Waals surface area contributed by atoms with E-state index in [2.05, 4.69) is 5.32 Å². The average molecular weight is 1340 g/mol. The maximum absolute atomic E-state index is 14.3. The van der Waals surface area contributed by atoms with Crippen molar-refractivity contribution in [1.29, 1.82) is 0 Å². The minimum absolute atomic E-state index is 0.0169. The standard InChI is InChI=1S/C67H78Cl3NO21/c1-41(72)80-39-51-55(85-42(2)73)57(86-43(3)74)52(71-65(77)84-40-67(68,69)70)61(87-51)90-54-49(37-78-32-44-22-12-7-13-23-44)89-63(58(53(54)75)81-34-46-26-16-9-17-27-46)91-56-50(38-79-33-45-24-14-8-15-25-45)88-62(83-36-48-30-20-11-21-31-48)60(92-64(76)66(4,5)6)59(56)82-35-47-28-18-10-19-29-47/h7-31,49-63,75H,32-40H2,1-6H3,(H,71,77)/t49-,50-,51-,52-,53+,54+,55+,56-,57-,58-,59+,60-,61+,62-,63+/m1/s1. The normalized spacial score (nSPS) is 26.6. The number of hydrogen-bond donors (Lipinski definition) is 2. The van der Waals surface area contributed by atoms with Gasteiger partial charge in [-0.05, 0) is 48.6 Å². The number of rotatable bonds is 28. The molecule has 92 heavy (non-hydrogen) atoms. The lowest BCUT2D eigenvalue weighted by molar-refractivity contribution is -0.383. The summed E-state index contributed by atoms with van der Waals surface area (Å²) in [4.78, 5) is 66.5. The average Bonchev–Trinajstić information content (AvgIpc) is 0.898. The summed E-state index contributed by atoms with van der Waals surface area (Å²) >= 11 is 17.9. The van der Waals surface area contributed by atoms with Crippen LogP contribution in [0, 0.1) is 5.41 Å². The highest BCUT2D eigenvalue weighted by molar-refractivity contribution is 6.67. The number of alkyl carbamates (subject to hydrolysis) is 1. The highest BCUT2D eigenvalue weighted by atomic mass is 35.6. The zero-order valence-corrected chi connectivity index (χ0v) is 54.0. The van der Waals surface area contributed by atoms with Gasteiger partial charge in [0.1, 0.15) is 68.1 Å². The Kier molecular flexibility index (Phi) is 27.0. The molecule has 0 spiro atoms. The Morgan fingerprint density at radius 2 is 0.859 bits per heavy atom. The van der Waals surface area contributed by atoms with E-state index in [9.17, 15) is 29.1 Å². The number of alkyl halides is 3. The Labute approximate surface area is 549 Å². The largest absolute Gasteiger partial charge is 0.463 e. The fourth-order valence-corrected chi connectivity index (χ4v) is 10.4. The van der Waals surface area contributed by atoms with Crippen molar-refractivity contribution < 1.29 is 100 Å². The highest BCUT2D eigenvalue weighted by Gasteiger charge is 2.58. The first-order valence-electron chi connectivity index (χ1n) is 29.9. The number of carbonyl (C=O) groups excluding carboxylic acids is 5. The second-order valence-corrected chi connectivity index (χ2v) is 25.6. The van der Waals surface area contributed by atoms with E-state index in [1.165, 1.54) is 0 Å². The van der Waals surface area contributed by atoms with E-state index >= 15 is 0 Å². The lowest BCUT2D eigenvalue weighted by Crippen LogP contribution is -2.70. The van der Waals surface area contributed by atoms with Crippen LogP contribution in [0.4, 0.5) is 4.79 Å². The maximum atomic E-state index is 14.3. The van der Waals surface area contributed by atoms with Crippen LogP contribution in [0.1, 0.15) is 69.4 Å². The Bertz CT molecular complexity index is 3070. The van der Waals surface area contributed by atoms with Crippen molar-refractivity contribution in [2.24, 2.45) is 5.41 Å². The molecule has 3 fully saturated rings. The molecule has 1 amide bonds. The predicted octanol–water partition coefficient (Wildman–Crippen LogP) is 8.96. The molecule has 25 heteroatoms. The molecular formula is C67H78Cl3NO21. The third-order valence-corrected chi connectivity index (χ3v) is 14.9. The Balaban J connectivity index is 1.25. The molecular weight excluding hydrogens is 1260 g/mol. The van der Waals surface area contributed by atoms with Gasteiger partial charge in [-0.25, -0.2) is 4.79 Å². The van der Waals surface area contributed by atoms with E-state index in [0.717, 1.165) is 43.0 Å². The van der Waals surface area contributed by atoms with Crippen molar-refractivity contribution in [2.75, 3.05) is 26.4 Å². The van der Waals surface area contributed by atoms with Crippen LogP contribution >= 0.6 is 34.8 Å². The molecule has 3 aliphatic heterocycles. The molecule has 0 aliphatic carbocycles. The third-order valence-electron chi connectivity index (χ3n) is 14.6. The zero-order valence-electron chi connectivity index (χ0n) is 51.7. The van der Waals surface area contributed by atoms with Gasteiger partial charge in [-0.2, -0.15) is 0 Å². The number of nitrogens with one attached hydrogen (secondary N) is 1. The van der Waals surface area contributed by atoms with Gasteiger partial charge >= 0.3 is 30.0 Å².